The number of fused-ring (bicyclic) bond motifs is 1. The summed E-state index contributed by atoms with van der Waals surface area (Å²) in [5.74, 6) is 0. The normalized spacial score (nSPS) is 20.8. The summed E-state index contributed by atoms with van der Waals surface area (Å²) in [6.45, 7) is 1.60. The number of thioether (sulfide) groups is 1. The molecule has 1 atom stereocenters. The maximum absolute atomic E-state index is 6.85. The van der Waals surface area contributed by atoms with Crippen LogP contribution in [0.3, 0.4) is 0 Å². The van der Waals surface area contributed by atoms with Gasteiger partial charge in [-0.15, -0.1) is 0 Å². The van der Waals surface area contributed by atoms with E-state index < -0.39 is 0 Å². The lowest BCUT2D eigenvalue weighted by Crippen LogP contribution is -2.40. The second kappa shape index (κ2) is 9.88. The van der Waals surface area contributed by atoms with Gasteiger partial charge in [-0.25, -0.2) is 4.99 Å². The van der Waals surface area contributed by atoms with Crippen molar-refractivity contribution in [2.75, 3.05) is 20.1 Å². The van der Waals surface area contributed by atoms with Gasteiger partial charge in [-0.1, -0.05) is 99.4 Å². The van der Waals surface area contributed by atoms with E-state index in [0.29, 0.717) is 0 Å². The van der Waals surface area contributed by atoms with Gasteiger partial charge >= 0.3 is 0 Å². The Bertz CT molecular complexity index is 1480. The molecule has 36 heavy (non-hydrogen) atoms. The maximum Gasteiger partial charge on any atom is 0.174 e. The SMILES string of the molecule is CN1CC(=Cc2ccccc2Cl)C2=C(C1)C(c1ccccc1Cl)N1C(c3ccc(Br)cc3)=CSC1=N2. The number of halogens is 3. The molecule has 0 spiro atoms. The summed E-state index contributed by atoms with van der Waals surface area (Å²) >= 11 is 18.6. The number of aliphatic imine (C=N–C) groups is 1. The molecule has 3 heterocycles. The largest absolute Gasteiger partial charge is 0.308 e. The van der Waals surface area contributed by atoms with Crippen molar-refractivity contribution in [1.29, 1.82) is 0 Å². The van der Waals surface area contributed by atoms with Crippen molar-refractivity contribution < 1.29 is 0 Å². The molecule has 0 fully saturated rings. The van der Waals surface area contributed by atoms with Gasteiger partial charge in [-0.2, -0.15) is 0 Å². The Labute approximate surface area is 233 Å². The van der Waals surface area contributed by atoms with E-state index in [1.54, 1.807) is 11.8 Å². The van der Waals surface area contributed by atoms with Crippen LogP contribution in [-0.4, -0.2) is 35.1 Å². The zero-order valence-corrected chi connectivity index (χ0v) is 23.4. The molecule has 6 rings (SSSR count). The quantitative estimate of drug-likeness (QED) is 0.303. The van der Waals surface area contributed by atoms with E-state index in [9.17, 15) is 0 Å². The molecular weight excluding hydrogens is 573 g/mol. The third-order valence-corrected chi connectivity index (χ3v) is 8.66. The first-order valence-corrected chi connectivity index (χ1v) is 14.0. The molecule has 0 bridgehead atoms. The van der Waals surface area contributed by atoms with Gasteiger partial charge in [0.15, 0.2) is 5.17 Å². The molecule has 180 valence electrons. The van der Waals surface area contributed by atoms with E-state index in [0.717, 1.165) is 66.4 Å². The van der Waals surface area contributed by atoms with Crippen LogP contribution in [-0.2, 0) is 0 Å². The average molecular weight is 595 g/mol. The molecule has 3 nitrogen and oxygen atoms in total. The highest BCUT2D eigenvalue weighted by atomic mass is 79.9. The fraction of sp³-hybridized carbons (Fsp3) is 0.138. The van der Waals surface area contributed by atoms with Crippen LogP contribution >= 0.6 is 50.9 Å². The lowest BCUT2D eigenvalue weighted by molar-refractivity contribution is 0.344. The van der Waals surface area contributed by atoms with Crippen LogP contribution in [0.1, 0.15) is 22.7 Å². The predicted octanol–water partition coefficient (Wildman–Crippen LogP) is 8.50. The molecule has 0 amide bonds. The minimum atomic E-state index is -0.0662. The van der Waals surface area contributed by atoms with E-state index in [1.807, 2.05) is 30.3 Å². The molecule has 0 saturated heterocycles. The molecule has 1 unspecified atom stereocenters. The summed E-state index contributed by atoms with van der Waals surface area (Å²) in [5, 5.41) is 4.66. The van der Waals surface area contributed by atoms with Gasteiger partial charge in [0.05, 0.1) is 17.4 Å². The van der Waals surface area contributed by atoms with E-state index >= 15 is 0 Å². The molecule has 3 aromatic rings. The minimum absolute atomic E-state index is 0.0662. The first kappa shape index (κ1) is 24.1. The summed E-state index contributed by atoms with van der Waals surface area (Å²) in [6.07, 6.45) is 2.18. The Morgan fingerprint density at radius 2 is 1.67 bits per heavy atom. The van der Waals surface area contributed by atoms with Crippen LogP contribution in [0.2, 0.25) is 10.0 Å². The lowest BCUT2D eigenvalue weighted by Gasteiger charge is -2.42. The van der Waals surface area contributed by atoms with Gasteiger partial charge < -0.3 is 4.90 Å². The monoisotopic (exact) mass is 593 g/mol. The molecule has 3 aliphatic heterocycles. The van der Waals surface area contributed by atoms with Crippen molar-refractivity contribution in [3.8, 4) is 0 Å². The second-order valence-electron chi connectivity index (χ2n) is 9.05. The van der Waals surface area contributed by atoms with Gasteiger partial charge in [0.1, 0.15) is 0 Å². The molecule has 3 aliphatic rings. The number of hydrogen-bond acceptors (Lipinski definition) is 4. The van der Waals surface area contributed by atoms with Crippen LogP contribution < -0.4 is 0 Å². The van der Waals surface area contributed by atoms with Crippen molar-refractivity contribution >= 4 is 67.8 Å². The molecule has 0 aliphatic carbocycles. The number of likely N-dealkylation sites (N-methyl/N-ethyl adjacent to an activating group) is 1. The van der Waals surface area contributed by atoms with Crippen molar-refractivity contribution in [2.24, 2.45) is 4.99 Å². The first-order valence-electron chi connectivity index (χ1n) is 11.6. The third-order valence-electron chi connectivity index (χ3n) is 6.60. The Morgan fingerprint density at radius 3 is 2.42 bits per heavy atom. The van der Waals surface area contributed by atoms with E-state index in [-0.39, 0.29) is 6.04 Å². The highest BCUT2D eigenvalue weighted by Crippen LogP contribution is 2.50. The Balaban J connectivity index is 1.54. The lowest BCUT2D eigenvalue weighted by atomic mass is 9.88. The molecule has 7 heteroatoms. The zero-order chi connectivity index (χ0) is 24.8. The highest BCUT2D eigenvalue weighted by Gasteiger charge is 2.41. The van der Waals surface area contributed by atoms with Gasteiger partial charge in [-0.05, 0) is 65.2 Å². The van der Waals surface area contributed by atoms with Crippen LogP contribution in [0, 0.1) is 0 Å². The fourth-order valence-electron chi connectivity index (χ4n) is 5.00. The van der Waals surface area contributed by atoms with Crippen LogP contribution in [0.4, 0.5) is 0 Å². The number of rotatable bonds is 3. The van der Waals surface area contributed by atoms with Crippen LogP contribution in [0.25, 0.3) is 11.8 Å². The minimum Gasteiger partial charge on any atom is -0.308 e. The van der Waals surface area contributed by atoms with Gasteiger partial charge in [-0.3, -0.25) is 4.90 Å². The molecule has 0 saturated carbocycles. The Kier molecular flexibility index (Phi) is 6.61. The average Bonchev–Trinajstić information content (AvgIpc) is 3.29. The van der Waals surface area contributed by atoms with Gasteiger partial charge in [0.25, 0.3) is 0 Å². The number of hydrogen-bond donors (Lipinski definition) is 0. The molecular formula is C29H22BrCl2N3S. The van der Waals surface area contributed by atoms with Crippen molar-refractivity contribution in [3.05, 3.63) is 126 Å². The zero-order valence-electron chi connectivity index (χ0n) is 19.5. The number of amidine groups is 1. The maximum atomic E-state index is 6.85. The third kappa shape index (κ3) is 4.37. The molecule has 0 N–H and O–H groups in total. The fourth-order valence-corrected chi connectivity index (χ4v) is 6.63. The first-order chi connectivity index (χ1) is 17.5. The number of nitrogens with zero attached hydrogens (tertiary/aromatic N) is 3. The van der Waals surface area contributed by atoms with E-state index in [4.69, 9.17) is 28.2 Å². The summed E-state index contributed by atoms with van der Waals surface area (Å²) in [4.78, 5) is 9.93. The van der Waals surface area contributed by atoms with Crippen molar-refractivity contribution in [2.45, 2.75) is 6.04 Å². The van der Waals surface area contributed by atoms with E-state index in [1.165, 1.54) is 5.57 Å². The highest BCUT2D eigenvalue weighted by molar-refractivity contribution is 9.10. The Hall–Kier alpha value is -2.28. The topological polar surface area (TPSA) is 18.8 Å². The summed E-state index contributed by atoms with van der Waals surface area (Å²) in [5.41, 5.74) is 7.80. The molecule has 3 aromatic carbocycles. The van der Waals surface area contributed by atoms with E-state index in [2.05, 4.69) is 86.7 Å². The smallest absolute Gasteiger partial charge is 0.174 e. The van der Waals surface area contributed by atoms with Crippen molar-refractivity contribution in [1.82, 2.24) is 9.80 Å². The second-order valence-corrected chi connectivity index (χ2v) is 11.6. The Morgan fingerprint density at radius 1 is 0.944 bits per heavy atom. The van der Waals surface area contributed by atoms with Gasteiger partial charge in [0.2, 0.25) is 0 Å². The molecule has 0 aromatic heterocycles. The van der Waals surface area contributed by atoms with Gasteiger partial charge in [0, 0.05) is 33.0 Å². The van der Waals surface area contributed by atoms with Crippen LogP contribution in [0.5, 0.6) is 0 Å². The summed E-state index contributed by atoms with van der Waals surface area (Å²) in [6, 6.07) is 24.5. The standard InChI is InChI=1S/C29H22BrCl2N3S/c1-34-15-20(14-19-6-2-4-8-24(19)31)27-23(16-34)28(22-7-3-5-9-25(22)32)35-26(17-36-29(35)33-27)18-10-12-21(30)13-11-18/h2-14,17,28H,15-16H2,1H3. The predicted molar refractivity (Wildman–Crippen MR) is 157 cm³/mol. The van der Waals surface area contributed by atoms with Crippen molar-refractivity contribution in [3.63, 3.8) is 0 Å². The van der Waals surface area contributed by atoms with Crippen LogP contribution in [0.15, 0.2) is 105 Å². The number of benzene rings is 3. The summed E-state index contributed by atoms with van der Waals surface area (Å²) < 4.78 is 1.06. The summed E-state index contributed by atoms with van der Waals surface area (Å²) in [7, 11) is 2.15. The molecule has 0 radical (unpaired) electrons.